The quantitative estimate of drug-likeness (QED) is 0.836. The SMILES string of the molecule is Cc1ccsc1CN(Cc1ccncc1)C1CC(C)(C)NC(C)(C)C1. The fraction of sp³-hybridized carbons (Fsp3) is 0.571. The third-order valence-corrected chi connectivity index (χ3v) is 6.14. The van der Waals surface area contributed by atoms with Gasteiger partial charge < -0.3 is 5.32 Å². The van der Waals surface area contributed by atoms with Crippen molar-refractivity contribution >= 4 is 11.3 Å². The molecular formula is C21H31N3S. The van der Waals surface area contributed by atoms with E-state index in [9.17, 15) is 0 Å². The fourth-order valence-electron chi connectivity index (χ4n) is 4.31. The second kappa shape index (κ2) is 7.18. The van der Waals surface area contributed by atoms with E-state index in [0.717, 1.165) is 13.1 Å². The van der Waals surface area contributed by atoms with Crippen LogP contribution in [0.4, 0.5) is 0 Å². The van der Waals surface area contributed by atoms with Crippen LogP contribution < -0.4 is 5.32 Å². The van der Waals surface area contributed by atoms with Crippen LogP contribution in [0.3, 0.4) is 0 Å². The van der Waals surface area contributed by atoms with Crippen molar-refractivity contribution in [3.05, 3.63) is 52.0 Å². The van der Waals surface area contributed by atoms with Crippen LogP contribution >= 0.6 is 11.3 Å². The molecule has 25 heavy (non-hydrogen) atoms. The Morgan fingerprint density at radius 2 is 1.72 bits per heavy atom. The number of piperidine rings is 1. The van der Waals surface area contributed by atoms with E-state index in [1.807, 2.05) is 23.7 Å². The zero-order valence-electron chi connectivity index (χ0n) is 16.2. The van der Waals surface area contributed by atoms with E-state index in [-0.39, 0.29) is 11.1 Å². The summed E-state index contributed by atoms with van der Waals surface area (Å²) in [6, 6.07) is 7.10. The average Bonchev–Trinajstić information content (AvgIpc) is 2.90. The first-order valence-corrected chi connectivity index (χ1v) is 10.1. The molecule has 136 valence electrons. The highest BCUT2D eigenvalue weighted by atomic mass is 32.1. The first-order valence-electron chi connectivity index (χ1n) is 9.19. The summed E-state index contributed by atoms with van der Waals surface area (Å²) in [6.07, 6.45) is 6.15. The van der Waals surface area contributed by atoms with Gasteiger partial charge in [-0.05, 0) is 82.2 Å². The number of hydrogen-bond donors (Lipinski definition) is 1. The predicted molar refractivity (Wildman–Crippen MR) is 107 cm³/mol. The van der Waals surface area contributed by atoms with Gasteiger partial charge >= 0.3 is 0 Å². The first kappa shape index (κ1) is 18.6. The number of nitrogens with zero attached hydrogens (tertiary/aromatic N) is 2. The molecular weight excluding hydrogens is 326 g/mol. The maximum atomic E-state index is 4.17. The van der Waals surface area contributed by atoms with E-state index in [2.05, 4.69) is 73.4 Å². The molecule has 1 saturated heterocycles. The molecule has 0 aromatic carbocycles. The molecule has 3 rings (SSSR count). The largest absolute Gasteiger partial charge is 0.307 e. The molecule has 2 aromatic rings. The topological polar surface area (TPSA) is 28.2 Å². The first-order chi connectivity index (χ1) is 11.7. The Morgan fingerprint density at radius 1 is 1.08 bits per heavy atom. The number of aromatic nitrogens is 1. The monoisotopic (exact) mass is 357 g/mol. The normalized spacial score (nSPS) is 20.1. The van der Waals surface area contributed by atoms with Crippen molar-refractivity contribution in [1.82, 2.24) is 15.2 Å². The van der Waals surface area contributed by atoms with Crippen molar-refractivity contribution in [1.29, 1.82) is 0 Å². The van der Waals surface area contributed by atoms with Crippen molar-refractivity contribution in [2.45, 2.75) is 77.7 Å². The summed E-state index contributed by atoms with van der Waals surface area (Å²) in [5, 5.41) is 6.03. The third kappa shape index (κ3) is 4.90. The van der Waals surface area contributed by atoms with Crippen molar-refractivity contribution in [3.8, 4) is 0 Å². The van der Waals surface area contributed by atoms with Crippen molar-refractivity contribution in [2.75, 3.05) is 0 Å². The summed E-state index contributed by atoms with van der Waals surface area (Å²) in [5.41, 5.74) is 3.08. The number of aryl methyl sites for hydroxylation is 1. The van der Waals surface area contributed by atoms with Gasteiger partial charge in [0.25, 0.3) is 0 Å². The highest BCUT2D eigenvalue weighted by Crippen LogP contribution is 2.33. The molecule has 1 aliphatic rings. The molecule has 2 aromatic heterocycles. The van der Waals surface area contributed by atoms with E-state index in [4.69, 9.17) is 0 Å². The van der Waals surface area contributed by atoms with Gasteiger partial charge in [-0.1, -0.05) is 0 Å². The molecule has 3 heterocycles. The van der Waals surface area contributed by atoms with Crippen LogP contribution in [-0.4, -0.2) is 27.0 Å². The van der Waals surface area contributed by atoms with Gasteiger partial charge in [0.1, 0.15) is 0 Å². The minimum atomic E-state index is 0.160. The highest BCUT2D eigenvalue weighted by molar-refractivity contribution is 7.10. The van der Waals surface area contributed by atoms with Gasteiger partial charge in [0, 0.05) is 47.5 Å². The summed E-state index contributed by atoms with van der Waals surface area (Å²) in [7, 11) is 0. The van der Waals surface area contributed by atoms with Gasteiger partial charge in [0.2, 0.25) is 0 Å². The van der Waals surface area contributed by atoms with E-state index >= 15 is 0 Å². The van der Waals surface area contributed by atoms with E-state index in [1.54, 1.807) is 0 Å². The molecule has 1 fully saturated rings. The van der Waals surface area contributed by atoms with Gasteiger partial charge in [-0.3, -0.25) is 9.88 Å². The zero-order valence-corrected chi connectivity index (χ0v) is 17.0. The molecule has 0 atom stereocenters. The van der Waals surface area contributed by atoms with Crippen molar-refractivity contribution in [3.63, 3.8) is 0 Å². The van der Waals surface area contributed by atoms with Crippen LogP contribution in [0, 0.1) is 6.92 Å². The van der Waals surface area contributed by atoms with Crippen LogP contribution in [0.2, 0.25) is 0 Å². The van der Waals surface area contributed by atoms with Crippen LogP contribution in [0.15, 0.2) is 36.0 Å². The van der Waals surface area contributed by atoms with Crippen molar-refractivity contribution in [2.24, 2.45) is 0 Å². The second-order valence-corrected chi connectivity index (χ2v) is 9.74. The molecule has 4 heteroatoms. The van der Waals surface area contributed by atoms with Gasteiger partial charge in [-0.2, -0.15) is 0 Å². The average molecular weight is 358 g/mol. The smallest absolute Gasteiger partial charge is 0.0337 e. The standard InChI is InChI=1S/C21H31N3S/c1-16-8-11-25-19(16)15-24(14-17-6-9-22-10-7-17)18-12-20(2,3)23-21(4,5)13-18/h6-11,18,23H,12-15H2,1-5H3. The van der Waals surface area contributed by atoms with Gasteiger partial charge in [0.15, 0.2) is 0 Å². The van der Waals surface area contributed by atoms with Crippen LogP contribution in [0.5, 0.6) is 0 Å². The van der Waals surface area contributed by atoms with Crippen LogP contribution in [0.1, 0.15) is 56.5 Å². The Kier molecular flexibility index (Phi) is 5.33. The lowest BCUT2D eigenvalue weighted by molar-refractivity contribution is 0.0569. The predicted octanol–water partition coefficient (Wildman–Crippen LogP) is 4.76. The summed E-state index contributed by atoms with van der Waals surface area (Å²) in [4.78, 5) is 8.34. The molecule has 0 radical (unpaired) electrons. The van der Waals surface area contributed by atoms with E-state index < -0.39 is 0 Å². The Morgan fingerprint density at radius 3 is 2.28 bits per heavy atom. The number of rotatable bonds is 5. The zero-order chi connectivity index (χ0) is 18.1. The van der Waals surface area contributed by atoms with Crippen molar-refractivity contribution < 1.29 is 0 Å². The Balaban J connectivity index is 1.86. The molecule has 0 aliphatic carbocycles. The summed E-state index contributed by atoms with van der Waals surface area (Å²) in [6.45, 7) is 13.6. The van der Waals surface area contributed by atoms with Crippen LogP contribution in [0.25, 0.3) is 0 Å². The maximum absolute atomic E-state index is 4.17. The minimum Gasteiger partial charge on any atom is -0.307 e. The molecule has 0 saturated carbocycles. The lowest BCUT2D eigenvalue weighted by Crippen LogP contribution is -2.62. The molecule has 0 spiro atoms. The summed E-state index contributed by atoms with van der Waals surface area (Å²) in [5.74, 6) is 0. The van der Waals surface area contributed by atoms with Gasteiger partial charge in [-0.15, -0.1) is 11.3 Å². The highest BCUT2D eigenvalue weighted by Gasteiger charge is 2.40. The number of pyridine rings is 1. The Hall–Kier alpha value is -1.23. The number of thiophene rings is 1. The third-order valence-electron chi connectivity index (χ3n) is 5.13. The van der Waals surface area contributed by atoms with Crippen LogP contribution in [-0.2, 0) is 13.1 Å². The molecule has 0 bridgehead atoms. The van der Waals surface area contributed by atoms with Gasteiger partial charge in [-0.25, -0.2) is 0 Å². The molecule has 3 nitrogen and oxygen atoms in total. The second-order valence-electron chi connectivity index (χ2n) is 8.74. The lowest BCUT2D eigenvalue weighted by atomic mass is 9.79. The molecule has 0 unspecified atom stereocenters. The summed E-state index contributed by atoms with van der Waals surface area (Å²) < 4.78 is 0. The molecule has 1 N–H and O–H groups in total. The Bertz CT molecular complexity index is 674. The summed E-state index contributed by atoms with van der Waals surface area (Å²) >= 11 is 1.88. The molecule has 0 amide bonds. The van der Waals surface area contributed by atoms with E-state index in [1.165, 1.54) is 28.8 Å². The van der Waals surface area contributed by atoms with Gasteiger partial charge in [0.05, 0.1) is 0 Å². The Labute approximate surface area is 156 Å². The number of hydrogen-bond acceptors (Lipinski definition) is 4. The number of nitrogens with one attached hydrogen (secondary N) is 1. The fourth-order valence-corrected chi connectivity index (χ4v) is 5.24. The minimum absolute atomic E-state index is 0.160. The van der Waals surface area contributed by atoms with E-state index in [0.29, 0.717) is 6.04 Å². The maximum Gasteiger partial charge on any atom is 0.0337 e. The molecule has 1 aliphatic heterocycles. The lowest BCUT2D eigenvalue weighted by Gasteiger charge is -2.49.